The van der Waals surface area contributed by atoms with Gasteiger partial charge in [0.2, 0.25) is 5.91 Å². The molecule has 1 aromatic rings. The second kappa shape index (κ2) is 7.91. The normalized spacial score (nSPS) is 22.5. The van der Waals surface area contributed by atoms with Gasteiger partial charge in [-0.25, -0.2) is 0 Å². The molecule has 2 rings (SSSR count). The Bertz CT molecular complexity index is 447. The molecule has 1 amide bonds. The van der Waals surface area contributed by atoms with E-state index in [9.17, 15) is 9.90 Å². The van der Waals surface area contributed by atoms with Crippen molar-refractivity contribution in [1.82, 2.24) is 5.32 Å². The van der Waals surface area contributed by atoms with Crippen molar-refractivity contribution in [1.29, 1.82) is 0 Å². The number of carbonyl (C=O) groups is 1. The van der Waals surface area contributed by atoms with Gasteiger partial charge in [0.25, 0.3) is 0 Å². The average molecular weight is 314 g/mol. The summed E-state index contributed by atoms with van der Waals surface area (Å²) >= 11 is 7.51. The predicted octanol–water partition coefficient (Wildman–Crippen LogP) is 2.99. The zero-order valence-electron chi connectivity index (χ0n) is 11.3. The molecule has 0 unspecified atom stereocenters. The molecule has 0 heterocycles. The van der Waals surface area contributed by atoms with Crippen LogP contribution in [0.25, 0.3) is 0 Å². The van der Waals surface area contributed by atoms with E-state index < -0.39 is 0 Å². The third kappa shape index (κ3) is 5.35. The van der Waals surface area contributed by atoms with Gasteiger partial charge in [-0.3, -0.25) is 4.79 Å². The number of benzene rings is 1. The summed E-state index contributed by atoms with van der Waals surface area (Å²) < 4.78 is 0. The molecular weight excluding hydrogens is 294 g/mol. The molecular formula is C15H20ClNO2S. The lowest BCUT2D eigenvalue weighted by Crippen LogP contribution is -2.39. The standard InChI is InChI=1S/C15H20ClNO2S/c16-12-3-1-2-11(8-12)9-20-10-15(19)17-13-4-6-14(18)7-5-13/h1-3,8,13-14,18H,4-7,9-10H2,(H,17,19). The molecule has 20 heavy (non-hydrogen) atoms. The van der Waals surface area contributed by atoms with Gasteiger partial charge in [-0.2, -0.15) is 0 Å². The first-order valence-corrected chi connectivity index (χ1v) is 8.46. The van der Waals surface area contributed by atoms with Gasteiger partial charge in [-0.1, -0.05) is 23.7 Å². The highest BCUT2D eigenvalue weighted by Gasteiger charge is 2.20. The van der Waals surface area contributed by atoms with Crippen molar-refractivity contribution in [2.75, 3.05) is 5.75 Å². The summed E-state index contributed by atoms with van der Waals surface area (Å²) in [7, 11) is 0. The van der Waals surface area contributed by atoms with Gasteiger partial charge >= 0.3 is 0 Å². The van der Waals surface area contributed by atoms with Crippen LogP contribution in [0.1, 0.15) is 31.2 Å². The van der Waals surface area contributed by atoms with E-state index in [-0.39, 0.29) is 18.1 Å². The number of hydrogen-bond donors (Lipinski definition) is 2. The summed E-state index contributed by atoms with van der Waals surface area (Å²) in [6, 6.07) is 7.94. The molecule has 1 aromatic carbocycles. The first kappa shape index (κ1) is 15.7. The number of nitrogens with one attached hydrogen (secondary N) is 1. The summed E-state index contributed by atoms with van der Waals surface area (Å²) in [6.07, 6.45) is 3.17. The minimum atomic E-state index is -0.180. The molecule has 1 aliphatic carbocycles. The molecule has 0 bridgehead atoms. The Morgan fingerprint density at radius 3 is 2.80 bits per heavy atom. The second-order valence-corrected chi connectivity index (χ2v) is 6.62. The molecule has 3 nitrogen and oxygen atoms in total. The third-order valence-electron chi connectivity index (χ3n) is 3.45. The van der Waals surface area contributed by atoms with Gasteiger partial charge in [0, 0.05) is 16.8 Å². The first-order chi connectivity index (χ1) is 9.63. The van der Waals surface area contributed by atoms with Crippen LogP contribution in [-0.4, -0.2) is 28.9 Å². The number of amides is 1. The number of aliphatic hydroxyl groups is 1. The average Bonchev–Trinajstić information content (AvgIpc) is 2.41. The van der Waals surface area contributed by atoms with Crippen LogP contribution in [0.3, 0.4) is 0 Å². The van der Waals surface area contributed by atoms with Crippen LogP contribution in [0.2, 0.25) is 5.02 Å². The summed E-state index contributed by atoms with van der Waals surface area (Å²) in [4.78, 5) is 11.8. The summed E-state index contributed by atoms with van der Waals surface area (Å²) in [5, 5.41) is 13.2. The quantitative estimate of drug-likeness (QED) is 0.878. The second-order valence-electron chi connectivity index (χ2n) is 5.20. The molecule has 1 fully saturated rings. The van der Waals surface area contributed by atoms with Crippen molar-refractivity contribution in [2.45, 2.75) is 43.6 Å². The molecule has 2 N–H and O–H groups in total. The predicted molar refractivity (Wildman–Crippen MR) is 84.0 cm³/mol. The molecule has 0 spiro atoms. The number of aliphatic hydroxyl groups excluding tert-OH is 1. The maximum atomic E-state index is 11.8. The monoisotopic (exact) mass is 313 g/mol. The molecule has 110 valence electrons. The summed E-state index contributed by atoms with van der Waals surface area (Å²) in [5.74, 6) is 1.33. The molecule has 0 aromatic heterocycles. The Hall–Kier alpha value is -0.710. The lowest BCUT2D eigenvalue weighted by molar-refractivity contribution is -0.119. The Labute approximate surface area is 129 Å². The van der Waals surface area contributed by atoms with Crippen molar-refractivity contribution in [3.8, 4) is 0 Å². The summed E-state index contributed by atoms with van der Waals surface area (Å²) in [5.41, 5.74) is 1.14. The minimum absolute atomic E-state index is 0.0819. The fourth-order valence-corrected chi connectivity index (χ4v) is 3.38. The van der Waals surface area contributed by atoms with Crippen LogP contribution >= 0.6 is 23.4 Å². The van der Waals surface area contributed by atoms with E-state index in [1.54, 1.807) is 11.8 Å². The number of hydrogen-bond acceptors (Lipinski definition) is 3. The Kier molecular flexibility index (Phi) is 6.20. The molecule has 1 saturated carbocycles. The largest absolute Gasteiger partial charge is 0.393 e. The highest BCUT2D eigenvalue weighted by Crippen LogP contribution is 2.19. The van der Waals surface area contributed by atoms with Gasteiger partial charge in [0.05, 0.1) is 11.9 Å². The topological polar surface area (TPSA) is 49.3 Å². The maximum Gasteiger partial charge on any atom is 0.230 e. The first-order valence-electron chi connectivity index (χ1n) is 6.93. The fraction of sp³-hybridized carbons (Fsp3) is 0.533. The van der Waals surface area contributed by atoms with E-state index in [4.69, 9.17) is 11.6 Å². The van der Waals surface area contributed by atoms with E-state index in [1.807, 2.05) is 24.3 Å². The van der Waals surface area contributed by atoms with Crippen LogP contribution in [0.4, 0.5) is 0 Å². The van der Waals surface area contributed by atoms with Gasteiger partial charge in [0.15, 0.2) is 0 Å². The zero-order valence-corrected chi connectivity index (χ0v) is 12.9. The van der Waals surface area contributed by atoms with Crippen molar-refractivity contribution in [3.05, 3.63) is 34.9 Å². The molecule has 0 saturated heterocycles. The molecule has 0 radical (unpaired) electrons. The number of rotatable bonds is 5. The highest BCUT2D eigenvalue weighted by molar-refractivity contribution is 7.99. The van der Waals surface area contributed by atoms with Crippen LogP contribution in [0, 0.1) is 0 Å². The van der Waals surface area contributed by atoms with E-state index in [0.29, 0.717) is 5.75 Å². The van der Waals surface area contributed by atoms with Crippen molar-refractivity contribution < 1.29 is 9.90 Å². The van der Waals surface area contributed by atoms with Gasteiger partial charge in [-0.05, 0) is 43.4 Å². The van der Waals surface area contributed by atoms with Crippen LogP contribution in [0.15, 0.2) is 24.3 Å². The zero-order chi connectivity index (χ0) is 14.4. The lowest BCUT2D eigenvalue weighted by Gasteiger charge is -2.26. The number of carbonyl (C=O) groups excluding carboxylic acids is 1. The summed E-state index contributed by atoms with van der Waals surface area (Å²) in [6.45, 7) is 0. The van der Waals surface area contributed by atoms with E-state index in [2.05, 4.69) is 5.32 Å². The molecule has 5 heteroatoms. The third-order valence-corrected chi connectivity index (χ3v) is 4.69. The van der Waals surface area contributed by atoms with E-state index >= 15 is 0 Å². The van der Waals surface area contributed by atoms with Crippen molar-refractivity contribution >= 4 is 29.3 Å². The fourth-order valence-electron chi connectivity index (χ4n) is 2.38. The van der Waals surface area contributed by atoms with Crippen LogP contribution in [0.5, 0.6) is 0 Å². The molecule has 1 aliphatic rings. The SMILES string of the molecule is O=C(CSCc1cccc(Cl)c1)NC1CCC(O)CC1. The number of halogens is 1. The van der Waals surface area contributed by atoms with Gasteiger partial charge < -0.3 is 10.4 Å². The smallest absolute Gasteiger partial charge is 0.230 e. The van der Waals surface area contributed by atoms with E-state index in [1.165, 1.54) is 0 Å². The van der Waals surface area contributed by atoms with Crippen LogP contribution < -0.4 is 5.32 Å². The Balaban J connectivity index is 1.65. The number of thioether (sulfide) groups is 1. The molecule has 0 aliphatic heterocycles. The van der Waals surface area contributed by atoms with Gasteiger partial charge in [-0.15, -0.1) is 11.8 Å². The van der Waals surface area contributed by atoms with Crippen LogP contribution in [-0.2, 0) is 10.5 Å². The van der Waals surface area contributed by atoms with Gasteiger partial charge in [0.1, 0.15) is 0 Å². The Morgan fingerprint density at radius 2 is 2.10 bits per heavy atom. The van der Waals surface area contributed by atoms with Crippen molar-refractivity contribution in [2.24, 2.45) is 0 Å². The minimum Gasteiger partial charge on any atom is -0.393 e. The lowest BCUT2D eigenvalue weighted by atomic mass is 9.93. The van der Waals surface area contributed by atoms with E-state index in [0.717, 1.165) is 42.0 Å². The van der Waals surface area contributed by atoms with Crippen molar-refractivity contribution in [3.63, 3.8) is 0 Å². The maximum absolute atomic E-state index is 11.8. The Morgan fingerprint density at radius 1 is 1.35 bits per heavy atom. The highest BCUT2D eigenvalue weighted by atomic mass is 35.5. The molecule has 0 atom stereocenters.